The molecule has 0 aromatic heterocycles. The van der Waals surface area contributed by atoms with E-state index in [-0.39, 0.29) is 37.5 Å². The van der Waals surface area contributed by atoms with Gasteiger partial charge in [0.1, 0.15) is 13.2 Å². The fourth-order valence-electron chi connectivity index (χ4n) is 6.67. The second-order valence-corrected chi connectivity index (χ2v) is 17.0. The Balaban J connectivity index is 4.56. The molecule has 0 amide bonds. The fraction of sp³-hybridized carbons (Fsp3) is 0.590. The van der Waals surface area contributed by atoms with E-state index >= 15 is 0 Å². The molecule has 0 bridgehead atoms. The van der Waals surface area contributed by atoms with Gasteiger partial charge in [0, 0.05) is 19.3 Å². The fourth-order valence-corrected chi connectivity index (χ4v) is 6.67. The van der Waals surface area contributed by atoms with Crippen LogP contribution in [0.4, 0.5) is 0 Å². The van der Waals surface area contributed by atoms with E-state index in [0.717, 1.165) is 128 Å². The van der Waals surface area contributed by atoms with Crippen LogP contribution in [0.2, 0.25) is 0 Å². The number of allylic oxidation sites excluding steroid dienone is 22. The molecule has 0 saturated heterocycles. The third-order valence-electron chi connectivity index (χ3n) is 10.6. The van der Waals surface area contributed by atoms with E-state index in [1.54, 1.807) is 0 Å². The van der Waals surface area contributed by atoms with Crippen molar-refractivity contribution in [1.29, 1.82) is 0 Å². The quantitative estimate of drug-likeness (QED) is 0.0262. The summed E-state index contributed by atoms with van der Waals surface area (Å²) in [5.41, 5.74) is 0. The van der Waals surface area contributed by atoms with Crippen LogP contribution in [0.5, 0.6) is 0 Å². The molecule has 0 rings (SSSR count). The zero-order chi connectivity index (χ0) is 48.6. The van der Waals surface area contributed by atoms with Gasteiger partial charge in [0.15, 0.2) is 6.10 Å². The average Bonchev–Trinajstić information content (AvgIpc) is 3.33. The monoisotopic (exact) mass is 925 g/mol. The molecule has 0 heterocycles. The maximum atomic E-state index is 12.8. The van der Waals surface area contributed by atoms with Crippen LogP contribution in [-0.2, 0) is 28.6 Å². The van der Waals surface area contributed by atoms with Crippen molar-refractivity contribution in [2.75, 3.05) is 13.2 Å². The van der Waals surface area contributed by atoms with E-state index < -0.39 is 6.10 Å². The van der Waals surface area contributed by atoms with Crippen LogP contribution in [0, 0.1) is 0 Å². The Labute approximate surface area is 411 Å². The molecule has 0 aliphatic heterocycles. The number of unbranched alkanes of at least 4 members (excludes halogenated alkanes) is 13. The zero-order valence-corrected chi connectivity index (χ0v) is 42.9. The van der Waals surface area contributed by atoms with Gasteiger partial charge in [0.2, 0.25) is 0 Å². The van der Waals surface area contributed by atoms with E-state index in [0.29, 0.717) is 19.3 Å². The van der Waals surface area contributed by atoms with Gasteiger partial charge in [0.25, 0.3) is 0 Å². The number of rotatable bonds is 46. The standard InChI is InChI=1S/C61H96O6/c1-4-7-10-13-16-19-22-25-27-29-30-32-34-37-39-42-45-48-51-54-60(63)66-57-58(67-61(64)55-52-49-46-43-40-35-24-21-18-15-12-9-6-3)56-65-59(62)53-50-47-44-41-38-36-33-31-28-26-23-20-17-14-11-8-5-2/h7-8,10-11,16-17,19-21,24-28,30,32-33,36-37,39,41,44,58H,4-6,9,12-15,18,22-23,29,31,34-35,38,40,42-43,45-57H2,1-3H3/b10-7-,11-8-,19-16-,20-17-,24-21-,27-25-,28-26-,32-30-,36-33-,39-37-,44-41-/t58-/m0/s1. The van der Waals surface area contributed by atoms with E-state index in [2.05, 4.69) is 154 Å². The van der Waals surface area contributed by atoms with Gasteiger partial charge in [-0.25, -0.2) is 0 Å². The van der Waals surface area contributed by atoms with Gasteiger partial charge in [-0.1, -0.05) is 199 Å². The average molecular weight is 925 g/mol. The van der Waals surface area contributed by atoms with E-state index in [9.17, 15) is 14.4 Å². The molecule has 376 valence electrons. The summed E-state index contributed by atoms with van der Waals surface area (Å²) in [4.78, 5) is 38.0. The topological polar surface area (TPSA) is 78.9 Å². The third-order valence-corrected chi connectivity index (χ3v) is 10.6. The van der Waals surface area contributed by atoms with Crippen molar-refractivity contribution in [1.82, 2.24) is 0 Å². The van der Waals surface area contributed by atoms with Crippen LogP contribution < -0.4 is 0 Å². The first-order valence-electron chi connectivity index (χ1n) is 26.7. The van der Waals surface area contributed by atoms with E-state index in [1.165, 1.54) is 38.5 Å². The summed E-state index contributed by atoms with van der Waals surface area (Å²) in [6.07, 6.45) is 75.8. The van der Waals surface area contributed by atoms with Gasteiger partial charge in [-0.3, -0.25) is 14.4 Å². The molecule has 0 N–H and O–H groups in total. The summed E-state index contributed by atoms with van der Waals surface area (Å²) in [5, 5.41) is 0. The highest BCUT2D eigenvalue weighted by Gasteiger charge is 2.19. The first kappa shape index (κ1) is 62.5. The predicted molar refractivity (Wildman–Crippen MR) is 288 cm³/mol. The minimum atomic E-state index is -0.824. The third kappa shape index (κ3) is 52.4. The predicted octanol–water partition coefficient (Wildman–Crippen LogP) is 17.9. The Morgan fingerprint density at radius 1 is 0.313 bits per heavy atom. The normalized spacial score (nSPS) is 13.2. The van der Waals surface area contributed by atoms with Crippen LogP contribution in [0.25, 0.3) is 0 Å². The van der Waals surface area contributed by atoms with E-state index in [4.69, 9.17) is 14.2 Å². The van der Waals surface area contributed by atoms with Crippen LogP contribution in [-0.4, -0.2) is 37.2 Å². The summed E-state index contributed by atoms with van der Waals surface area (Å²) in [6, 6.07) is 0. The molecule has 0 spiro atoms. The Morgan fingerprint density at radius 3 is 1.00 bits per heavy atom. The molecule has 0 aromatic carbocycles. The summed E-state index contributed by atoms with van der Waals surface area (Å²) >= 11 is 0. The molecular weight excluding hydrogens is 829 g/mol. The van der Waals surface area contributed by atoms with Gasteiger partial charge in [-0.05, 0) is 128 Å². The molecule has 0 saturated carbocycles. The molecular formula is C61H96O6. The van der Waals surface area contributed by atoms with Crippen molar-refractivity contribution in [3.05, 3.63) is 134 Å². The molecule has 0 aliphatic carbocycles. The second kappa shape index (κ2) is 54.2. The Morgan fingerprint density at radius 2 is 0.597 bits per heavy atom. The Hall–Kier alpha value is -4.45. The van der Waals surface area contributed by atoms with Crippen LogP contribution in [0.15, 0.2) is 134 Å². The van der Waals surface area contributed by atoms with Crippen molar-refractivity contribution in [2.24, 2.45) is 0 Å². The summed E-state index contributed by atoms with van der Waals surface area (Å²) in [7, 11) is 0. The van der Waals surface area contributed by atoms with Crippen molar-refractivity contribution >= 4 is 17.9 Å². The Kier molecular flexibility index (Phi) is 50.6. The molecule has 0 fully saturated rings. The van der Waals surface area contributed by atoms with Gasteiger partial charge < -0.3 is 14.2 Å². The summed E-state index contributed by atoms with van der Waals surface area (Å²) < 4.78 is 16.7. The first-order valence-corrected chi connectivity index (χ1v) is 26.7. The minimum absolute atomic E-state index is 0.121. The molecule has 67 heavy (non-hydrogen) atoms. The Bertz CT molecular complexity index is 1480. The lowest BCUT2D eigenvalue weighted by molar-refractivity contribution is -0.167. The lowest BCUT2D eigenvalue weighted by atomic mass is 10.1. The minimum Gasteiger partial charge on any atom is -0.462 e. The largest absolute Gasteiger partial charge is 0.462 e. The molecule has 0 aliphatic rings. The lowest BCUT2D eigenvalue weighted by Gasteiger charge is -2.18. The molecule has 0 radical (unpaired) electrons. The molecule has 1 atom stereocenters. The van der Waals surface area contributed by atoms with Crippen molar-refractivity contribution < 1.29 is 28.6 Å². The molecule has 6 nitrogen and oxygen atoms in total. The maximum absolute atomic E-state index is 12.8. The first-order chi connectivity index (χ1) is 33.0. The highest BCUT2D eigenvalue weighted by Crippen LogP contribution is 2.12. The number of ether oxygens (including phenoxy) is 3. The van der Waals surface area contributed by atoms with Gasteiger partial charge in [-0.15, -0.1) is 0 Å². The summed E-state index contributed by atoms with van der Waals surface area (Å²) in [6.45, 7) is 6.29. The highest BCUT2D eigenvalue weighted by molar-refractivity contribution is 5.71. The highest BCUT2D eigenvalue weighted by atomic mass is 16.6. The molecule has 6 heteroatoms. The zero-order valence-electron chi connectivity index (χ0n) is 42.9. The smallest absolute Gasteiger partial charge is 0.306 e. The van der Waals surface area contributed by atoms with Gasteiger partial charge in [0.05, 0.1) is 0 Å². The van der Waals surface area contributed by atoms with Gasteiger partial charge >= 0.3 is 17.9 Å². The van der Waals surface area contributed by atoms with Crippen molar-refractivity contribution in [2.45, 2.75) is 219 Å². The van der Waals surface area contributed by atoms with Crippen molar-refractivity contribution in [3.63, 3.8) is 0 Å². The number of carbonyl (C=O) groups is 3. The SMILES string of the molecule is CC/C=C\C/C=C\C/C=C\C/C=C\C/C=C\CCCCCC(=O)OC[C@H](COC(=O)CCC/C=C\C/C=C\C/C=C\C/C=C\C/C=C\CC)OC(=O)CCCCCCC/C=C\CCCCCC. The van der Waals surface area contributed by atoms with Crippen LogP contribution >= 0.6 is 0 Å². The maximum Gasteiger partial charge on any atom is 0.306 e. The van der Waals surface area contributed by atoms with Crippen LogP contribution in [0.1, 0.15) is 213 Å². The number of esters is 3. The molecule has 0 unspecified atom stereocenters. The molecule has 0 aromatic rings. The van der Waals surface area contributed by atoms with Crippen LogP contribution in [0.3, 0.4) is 0 Å². The van der Waals surface area contributed by atoms with E-state index in [1.807, 2.05) is 0 Å². The number of hydrogen-bond acceptors (Lipinski definition) is 6. The lowest BCUT2D eigenvalue weighted by Crippen LogP contribution is -2.30. The summed E-state index contributed by atoms with van der Waals surface area (Å²) in [5.74, 6) is -1.03. The van der Waals surface area contributed by atoms with Crippen molar-refractivity contribution in [3.8, 4) is 0 Å². The number of carbonyl (C=O) groups excluding carboxylic acids is 3. The number of hydrogen-bond donors (Lipinski definition) is 0. The van der Waals surface area contributed by atoms with Gasteiger partial charge in [-0.2, -0.15) is 0 Å². The second-order valence-electron chi connectivity index (χ2n) is 17.0.